The maximum atomic E-state index is 5.94. The summed E-state index contributed by atoms with van der Waals surface area (Å²) >= 11 is 10.9. The van der Waals surface area contributed by atoms with Gasteiger partial charge in [-0.2, -0.15) is 0 Å². The number of thiazole rings is 1. The van der Waals surface area contributed by atoms with Crippen LogP contribution in [0, 0.1) is 5.41 Å². The van der Waals surface area contributed by atoms with E-state index >= 15 is 0 Å². The Balaban J connectivity index is 2.70. The van der Waals surface area contributed by atoms with E-state index in [-0.39, 0.29) is 5.41 Å². The molecule has 0 N–H and O–H groups in total. The van der Waals surface area contributed by atoms with E-state index < -0.39 is 0 Å². The minimum Gasteiger partial charge on any atom is -0.248 e. The van der Waals surface area contributed by atoms with Gasteiger partial charge in [0.2, 0.25) is 0 Å². The summed E-state index contributed by atoms with van der Waals surface area (Å²) in [5.41, 5.74) is 3.05. The van der Waals surface area contributed by atoms with E-state index in [9.17, 15) is 0 Å². The normalized spacial score (nSPS) is 12.0. The molecule has 4 heteroatoms. The first-order chi connectivity index (χ1) is 5.55. The van der Waals surface area contributed by atoms with Crippen LogP contribution >= 0.6 is 38.9 Å². The number of hydrogen-bond donors (Lipinski definition) is 0. The monoisotopic (exact) mass is 267 g/mol. The summed E-state index contributed by atoms with van der Waals surface area (Å²) in [6.45, 7) is 4.38. The predicted molar refractivity (Wildman–Crippen MR) is 58.4 cm³/mol. The second-order valence-corrected chi connectivity index (χ2v) is 5.56. The minimum absolute atomic E-state index is 0.234. The average Bonchev–Trinajstić information content (AvgIpc) is 2.36. The molecule has 1 aromatic heterocycles. The highest BCUT2D eigenvalue weighted by molar-refractivity contribution is 9.09. The van der Waals surface area contributed by atoms with Gasteiger partial charge in [0.15, 0.2) is 0 Å². The molecule has 0 aliphatic heterocycles. The average molecular weight is 269 g/mol. The van der Waals surface area contributed by atoms with Gasteiger partial charge in [0.1, 0.15) is 4.34 Å². The highest BCUT2D eigenvalue weighted by atomic mass is 79.9. The van der Waals surface area contributed by atoms with E-state index in [2.05, 4.69) is 34.8 Å². The van der Waals surface area contributed by atoms with E-state index in [0.717, 1.165) is 21.8 Å². The van der Waals surface area contributed by atoms with Crippen LogP contribution in [-0.4, -0.2) is 10.3 Å². The van der Waals surface area contributed by atoms with Crippen molar-refractivity contribution in [2.45, 2.75) is 20.3 Å². The quantitative estimate of drug-likeness (QED) is 0.761. The molecule has 1 aromatic rings. The summed E-state index contributed by atoms with van der Waals surface area (Å²) in [6.07, 6.45) is 0.931. The Morgan fingerprint density at radius 3 is 2.75 bits per heavy atom. The first-order valence-corrected chi connectivity index (χ1v) is 6.07. The molecule has 0 fully saturated rings. The highest BCUT2D eigenvalue weighted by Crippen LogP contribution is 2.29. The van der Waals surface area contributed by atoms with E-state index in [4.69, 9.17) is 11.6 Å². The summed E-state index contributed by atoms with van der Waals surface area (Å²) < 4.78 is 0.823. The Hall–Kier alpha value is 0.400. The summed E-state index contributed by atoms with van der Waals surface area (Å²) in [4.78, 5) is 4.21. The number of rotatable bonds is 3. The zero-order chi connectivity index (χ0) is 9.19. The van der Waals surface area contributed by atoms with Gasteiger partial charge >= 0.3 is 0 Å². The molecule has 0 radical (unpaired) electrons. The van der Waals surface area contributed by atoms with Crippen LogP contribution in [-0.2, 0) is 6.42 Å². The third-order valence-corrected chi connectivity index (χ3v) is 4.26. The zero-order valence-corrected chi connectivity index (χ0v) is 10.3. The van der Waals surface area contributed by atoms with Gasteiger partial charge in [0, 0.05) is 5.33 Å². The standard InChI is InChI=1S/C8H11BrClNS/c1-8(2,4-9)3-6-7(10)12-5-11-6/h5H,3-4H2,1-2H3. The number of hydrogen-bond acceptors (Lipinski definition) is 2. The molecule has 0 saturated heterocycles. The molecule has 0 amide bonds. The lowest BCUT2D eigenvalue weighted by atomic mass is 9.91. The summed E-state index contributed by atoms with van der Waals surface area (Å²) in [6, 6.07) is 0. The molecule has 0 spiro atoms. The van der Waals surface area contributed by atoms with Gasteiger partial charge in [-0.25, -0.2) is 4.98 Å². The maximum Gasteiger partial charge on any atom is 0.116 e. The highest BCUT2D eigenvalue weighted by Gasteiger charge is 2.19. The molecule has 12 heavy (non-hydrogen) atoms. The number of aromatic nitrogens is 1. The third kappa shape index (κ3) is 2.71. The largest absolute Gasteiger partial charge is 0.248 e. The summed E-state index contributed by atoms with van der Waals surface area (Å²) in [5, 5.41) is 0.966. The van der Waals surface area contributed by atoms with Gasteiger partial charge in [-0.15, -0.1) is 11.3 Å². The topological polar surface area (TPSA) is 12.9 Å². The maximum absolute atomic E-state index is 5.94. The molecule has 68 valence electrons. The molecular weight excluding hydrogens is 258 g/mol. The fourth-order valence-corrected chi connectivity index (χ4v) is 1.84. The van der Waals surface area contributed by atoms with E-state index in [0.29, 0.717) is 0 Å². The Bertz CT molecular complexity index is 259. The second-order valence-electron chi connectivity index (χ2n) is 3.55. The molecule has 0 atom stereocenters. The smallest absolute Gasteiger partial charge is 0.116 e. The summed E-state index contributed by atoms with van der Waals surface area (Å²) in [5.74, 6) is 0. The Labute approximate surface area is 90.3 Å². The van der Waals surface area contributed by atoms with Gasteiger partial charge in [-0.05, 0) is 11.8 Å². The van der Waals surface area contributed by atoms with Crippen molar-refractivity contribution in [2.24, 2.45) is 5.41 Å². The number of halogens is 2. The lowest BCUT2D eigenvalue weighted by Crippen LogP contribution is -2.16. The first-order valence-electron chi connectivity index (χ1n) is 3.69. The third-order valence-electron chi connectivity index (χ3n) is 1.60. The second kappa shape index (κ2) is 4.07. The predicted octanol–water partition coefficient (Wildman–Crippen LogP) is 3.76. The molecule has 0 saturated carbocycles. The van der Waals surface area contributed by atoms with Crippen LogP contribution in [0.5, 0.6) is 0 Å². The van der Waals surface area contributed by atoms with Crippen molar-refractivity contribution in [3.8, 4) is 0 Å². The zero-order valence-electron chi connectivity index (χ0n) is 7.10. The Morgan fingerprint density at radius 1 is 1.67 bits per heavy atom. The van der Waals surface area contributed by atoms with Gasteiger partial charge in [-0.1, -0.05) is 41.4 Å². The minimum atomic E-state index is 0.234. The molecular formula is C8H11BrClNS. The lowest BCUT2D eigenvalue weighted by molar-refractivity contribution is 0.421. The van der Waals surface area contributed by atoms with Gasteiger partial charge in [0.05, 0.1) is 11.2 Å². The van der Waals surface area contributed by atoms with Crippen LogP contribution in [0.25, 0.3) is 0 Å². The van der Waals surface area contributed by atoms with Crippen LogP contribution < -0.4 is 0 Å². The molecule has 0 aliphatic rings. The van der Waals surface area contributed by atoms with Crippen LogP contribution in [0.15, 0.2) is 5.51 Å². The number of nitrogens with zero attached hydrogens (tertiary/aromatic N) is 1. The van der Waals surface area contributed by atoms with Crippen LogP contribution in [0.4, 0.5) is 0 Å². The Kier molecular flexibility index (Phi) is 3.56. The van der Waals surface area contributed by atoms with Crippen LogP contribution in [0.3, 0.4) is 0 Å². The van der Waals surface area contributed by atoms with Crippen molar-refractivity contribution in [2.75, 3.05) is 5.33 Å². The molecule has 0 unspecified atom stereocenters. The first kappa shape index (κ1) is 10.5. The molecule has 1 nitrogen and oxygen atoms in total. The number of alkyl halides is 1. The van der Waals surface area contributed by atoms with Crippen molar-refractivity contribution < 1.29 is 0 Å². The SMILES string of the molecule is CC(C)(CBr)Cc1ncsc1Cl. The van der Waals surface area contributed by atoms with Crippen molar-refractivity contribution >= 4 is 38.9 Å². The van der Waals surface area contributed by atoms with Crippen molar-refractivity contribution in [1.82, 2.24) is 4.98 Å². The molecule has 1 heterocycles. The van der Waals surface area contributed by atoms with E-state index in [1.807, 2.05) is 0 Å². The van der Waals surface area contributed by atoms with Crippen LogP contribution in [0.2, 0.25) is 4.34 Å². The Morgan fingerprint density at radius 2 is 2.33 bits per heavy atom. The van der Waals surface area contributed by atoms with Gasteiger partial charge in [-0.3, -0.25) is 0 Å². The van der Waals surface area contributed by atoms with Crippen molar-refractivity contribution in [3.63, 3.8) is 0 Å². The fraction of sp³-hybridized carbons (Fsp3) is 0.625. The molecule has 0 bridgehead atoms. The molecule has 1 rings (SSSR count). The van der Waals surface area contributed by atoms with Crippen molar-refractivity contribution in [1.29, 1.82) is 0 Å². The lowest BCUT2D eigenvalue weighted by Gasteiger charge is -2.19. The summed E-state index contributed by atoms with van der Waals surface area (Å²) in [7, 11) is 0. The molecule has 0 aromatic carbocycles. The fourth-order valence-electron chi connectivity index (χ4n) is 0.871. The van der Waals surface area contributed by atoms with E-state index in [1.165, 1.54) is 11.3 Å². The van der Waals surface area contributed by atoms with E-state index in [1.54, 1.807) is 5.51 Å². The van der Waals surface area contributed by atoms with Gasteiger partial charge < -0.3 is 0 Å². The van der Waals surface area contributed by atoms with Crippen LogP contribution in [0.1, 0.15) is 19.5 Å². The van der Waals surface area contributed by atoms with Gasteiger partial charge in [0.25, 0.3) is 0 Å². The molecule has 0 aliphatic carbocycles. The van der Waals surface area contributed by atoms with Crippen molar-refractivity contribution in [3.05, 3.63) is 15.5 Å².